The zero-order chi connectivity index (χ0) is 49.6. The summed E-state index contributed by atoms with van der Waals surface area (Å²) in [7, 11) is 0. The van der Waals surface area contributed by atoms with Crippen molar-refractivity contribution >= 4 is 88.2 Å². The Morgan fingerprint density at radius 1 is 0.685 bits per heavy atom. The molecule has 0 spiro atoms. The second-order valence-corrected chi connectivity index (χ2v) is 20.2. The lowest BCUT2D eigenvalue weighted by Crippen LogP contribution is -2.47. The van der Waals surface area contributed by atoms with E-state index in [9.17, 15) is 9.59 Å². The average Bonchev–Trinajstić information content (AvgIpc) is 4.24. The fourth-order valence-corrected chi connectivity index (χ4v) is 11.5. The first-order valence-corrected chi connectivity index (χ1v) is 26.0. The van der Waals surface area contributed by atoms with Gasteiger partial charge in [0.05, 0.1) is 86.7 Å². The van der Waals surface area contributed by atoms with E-state index in [0.29, 0.717) is 75.5 Å². The van der Waals surface area contributed by atoms with Crippen LogP contribution in [-0.2, 0) is 9.47 Å². The summed E-state index contributed by atoms with van der Waals surface area (Å²) in [5.74, 6) is 3.66. The Bertz CT molecular complexity index is 3690. The molecule has 73 heavy (non-hydrogen) atoms. The monoisotopic (exact) mass is 1020 g/mol. The van der Waals surface area contributed by atoms with Gasteiger partial charge in [-0.2, -0.15) is 0 Å². The van der Waals surface area contributed by atoms with Crippen LogP contribution >= 0.6 is 22.7 Å². The van der Waals surface area contributed by atoms with Gasteiger partial charge in [-0.25, -0.2) is 39.9 Å². The molecule has 23 heteroatoms. The van der Waals surface area contributed by atoms with Crippen LogP contribution in [0.4, 0.5) is 23.0 Å². The number of nitrogens with zero attached hydrogens (tertiary/aromatic N) is 11. The normalized spacial score (nSPS) is 17.5. The minimum absolute atomic E-state index is 0.0789. The topological polar surface area (TPSA) is 253 Å². The summed E-state index contributed by atoms with van der Waals surface area (Å²) in [6.07, 6.45) is 10.5. The third-order valence-electron chi connectivity index (χ3n) is 13.2. The number of aromatic amines is 4. The number of H-pyrrole nitrogens is 4. The van der Waals surface area contributed by atoms with Gasteiger partial charge in [0.1, 0.15) is 57.3 Å². The molecule has 372 valence electrons. The molecule has 0 saturated carbocycles. The molecule has 2 fully saturated rings. The Balaban J connectivity index is 0.718. The Kier molecular flexibility index (Phi) is 12.5. The van der Waals surface area contributed by atoms with Gasteiger partial charge in [0, 0.05) is 82.7 Å². The van der Waals surface area contributed by atoms with Crippen molar-refractivity contribution in [3.05, 3.63) is 117 Å². The van der Waals surface area contributed by atoms with Crippen molar-refractivity contribution in [1.82, 2.24) is 64.7 Å². The minimum Gasteiger partial charge on any atom is -0.378 e. The van der Waals surface area contributed by atoms with E-state index in [1.807, 2.05) is 41.9 Å². The molecule has 12 heterocycles. The van der Waals surface area contributed by atoms with Gasteiger partial charge in [-0.1, -0.05) is 0 Å². The number of fused-ring (bicyclic) bond motifs is 4. The van der Waals surface area contributed by atoms with Crippen LogP contribution < -0.4 is 31.6 Å². The van der Waals surface area contributed by atoms with Gasteiger partial charge in [-0.15, -0.1) is 22.7 Å². The smallest absolute Gasteiger partial charge is 0.261 e. The molecule has 12 rings (SSSR count). The van der Waals surface area contributed by atoms with Crippen molar-refractivity contribution in [2.75, 3.05) is 79.5 Å². The van der Waals surface area contributed by atoms with E-state index in [0.717, 1.165) is 76.9 Å². The van der Waals surface area contributed by atoms with Crippen molar-refractivity contribution in [2.24, 2.45) is 0 Å². The molecule has 2 saturated heterocycles. The van der Waals surface area contributed by atoms with Crippen molar-refractivity contribution in [3.8, 4) is 22.8 Å². The molecule has 10 aromatic heterocycles. The fraction of sp³-hybridized carbons (Fsp3) is 0.320. The zero-order valence-corrected chi connectivity index (χ0v) is 41.8. The van der Waals surface area contributed by atoms with Gasteiger partial charge in [0.25, 0.3) is 11.1 Å². The molecule has 2 aliphatic rings. The summed E-state index contributed by atoms with van der Waals surface area (Å²) in [6, 6.07) is 10.6. The van der Waals surface area contributed by atoms with Crippen molar-refractivity contribution in [2.45, 2.75) is 45.1 Å². The number of rotatable bonds is 15. The number of pyridine rings is 4. The predicted octanol–water partition coefficient (Wildman–Crippen LogP) is 6.73. The minimum atomic E-state index is -0.497. The lowest BCUT2D eigenvalue weighted by molar-refractivity contribution is -0.00545. The van der Waals surface area contributed by atoms with E-state index in [1.165, 1.54) is 22.7 Å². The second-order valence-electron chi connectivity index (χ2n) is 18.4. The highest BCUT2D eigenvalue weighted by molar-refractivity contribution is 7.18. The van der Waals surface area contributed by atoms with Crippen LogP contribution in [0.15, 0.2) is 93.9 Å². The molecule has 0 radical (unpaired) electrons. The molecule has 21 nitrogen and oxygen atoms in total. The van der Waals surface area contributed by atoms with Gasteiger partial charge in [-0.3, -0.25) is 14.5 Å². The Labute approximate surface area is 424 Å². The second kappa shape index (κ2) is 19.7. The van der Waals surface area contributed by atoms with E-state index in [-0.39, 0.29) is 36.0 Å². The van der Waals surface area contributed by atoms with Gasteiger partial charge in [0.2, 0.25) is 0 Å². The Morgan fingerprint density at radius 2 is 1.22 bits per heavy atom. The molecule has 0 aromatic carbocycles. The lowest BCUT2D eigenvalue weighted by atomic mass is 10.1. The number of anilines is 4. The number of thiophene rings is 2. The number of piperazine rings is 1. The number of aromatic nitrogens is 12. The molecule has 2 unspecified atom stereocenters. The van der Waals surface area contributed by atoms with E-state index < -0.39 is 6.04 Å². The molecule has 10 aromatic rings. The number of morpholine rings is 1. The molecule has 6 N–H and O–H groups in total. The highest BCUT2D eigenvalue weighted by atomic mass is 32.1. The van der Waals surface area contributed by atoms with Crippen LogP contribution in [0.3, 0.4) is 0 Å². The van der Waals surface area contributed by atoms with E-state index in [1.54, 1.807) is 49.3 Å². The van der Waals surface area contributed by atoms with Gasteiger partial charge in [-0.05, 0) is 55.8 Å². The third-order valence-corrected chi connectivity index (χ3v) is 15.1. The molecule has 4 atom stereocenters. The molecule has 0 amide bonds. The molecule has 0 aliphatic carbocycles. The zero-order valence-electron chi connectivity index (χ0n) is 40.1. The Hall–Kier alpha value is -7.70. The summed E-state index contributed by atoms with van der Waals surface area (Å²) in [5, 5.41) is 11.1. The quantitative estimate of drug-likeness (QED) is 0.0582. The SMILES string of the molecule is CC1CN(c2cc3[nH]c(-c4c(N[C@H](COCCN5CCN(c6cc7[nH]c(-c8c(N[C@@H](C)c9ncccn9)c9sccc9[nH]c8=O)nc7cn6)CC5)c5ncccn5)c5sccc5[nH]c4=O)nc3cn2)CC(C)O1. The van der Waals surface area contributed by atoms with Crippen molar-refractivity contribution in [3.63, 3.8) is 0 Å². The maximum absolute atomic E-state index is 14.0. The molecular weight excluding hydrogens is 967 g/mol. The first kappa shape index (κ1) is 46.4. The number of ether oxygens (including phenoxy) is 2. The fourth-order valence-electron chi connectivity index (χ4n) is 9.76. The van der Waals surface area contributed by atoms with Crippen molar-refractivity contribution in [1.29, 1.82) is 0 Å². The maximum atomic E-state index is 14.0. The van der Waals surface area contributed by atoms with Crippen LogP contribution in [0.25, 0.3) is 65.3 Å². The highest BCUT2D eigenvalue weighted by Gasteiger charge is 2.28. The summed E-state index contributed by atoms with van der Waals surface area (Å²) in [6.45, 7) is 12.1. The Morgan fingerprint density at radius 3 is 1.79 bits per heavy atom. The number of hydrogen-bond donors (Lipinski definition) is 6. The van der Waals surface area contributed by atoms with Crippen LogP contribution in [0.1, 0.15) is 44.5 Å². The highest BCUT2D eigenvalue weighted by Crippen LogP contribution is 2.38. The summed E-state index contributed by atoms with van der Waals surface area (Å²) < 4.78 is 14.1. The average molecular weight is 1020 g/mol. The molecule has 2 aliphatic heterocycles. The van der Waals surface area contributed by atoms with E-state index >= 15 is 0 Å². The predicted molar refractivity (Wildman–Crippen MR) is 285 cm³/mol. The lowest BCUT2D eigenvalue weighted by Gasteiger charge is -2.36. The number of imidazole rings is 2. The first-order valence-electron chi connectivity index (χ1n) is 24.2. The number of nitrogens with one attached hydrogen (secondary N) is 6. The van der Waals surface area contributed by atoms with Crippen molar-refractivity contribution < 1.29 is 9.47 Å². The summed E-state index contributed by atoms with van der Waals surface area (Å²) in [5.41, 5.74) is 5.84. The van der Waals surface area contributed by atoms with E-state index in [4.69, 9.17) is 29.4 Å². The van der Waals surface area contributed by atoms with Crippen LogP contribution in [0, 0.1) is 0 Å². The van der Waals surface area contributed by atoms with Crippen LogP contribution in [0.2, 0.25) is 0 Å². The largest absolute Gasteiger partial charge is 0.378 e. The van der Waals surface area contributed by atoms with Gasteiger partial charge >= 0.3 is 0 Å². The van der Waals surface area contributed by atoms with Gasteiger partial charge < -0.3 is 49.8 Å². The van der Waals surface area contributed by atoms with Crippen LogP contribution in [-0.4, -0.2) is 136 Å². The molecule has 0 bridgehead atoms. The van der Waals surface area contributed by atoms with Gasteiger partial charge in [0.15, 0.2) is 5.82 Å². The summed E-state index contributed by atoms with van der Waals surface area (Å²) in [4.78, 5) is 84.9. The molecular formula is C50H51N17O4S2. The third kappa shape index (κ3) is 9.36. The maximum Gasteiger partial charge on any atom is 0.261 e. The number of hydrogen-bond acceptors (Lipinski definition) is 19. The first-order chi connectivity index (χ1) is 35.7. The summed E-state index contributed by atoms with van der Waals surface area (Å²) >= 11 is 3.06. The standard InChI is InChI=1S/C50H51N17O4S2/c1-27-24-67(25-28(2)71-27)38-21-33-35(23-56-38)62-48(60-33)40-42(44-31(7-19-73-44)64-50(40)69)58-36(46-53-10-5-11-54-46)26-70-17-16-65-12-14-66(15-13-65)37-20-32-34(22-55-37)61-47(59-32)39-41(43-30(6-18-72-43)63-49(39)68)57-29(3)45-51-8-4-9-52-45/h4-11,18-23,27-29,36H,12-17,24-26H2,1-3H3,(H,59,61)(H,60,62)(H2,57,63,68)(H2,58,64,69)/t27?,28?,29-,36+/m0/s1. The van der Waals surface area contributed by atoms with E-state index in [2.05, 4.69) is 79.1 Å². The van der Waals surface area contributed by atoms with Crippen LogP contribution in [0.5, 0.6) is 0 Å².